The summed E-state index contributed by atoms with van der Waals surface area (Å²) in [5.74, 6) is 0.773. The molecular formula is C18H16O3. The Morgan fingerprint density at radius 1 is 1.14 bits per heavy atom. The molecule has 0 radical (unpaired) electrons. The van der Waals surface area contributed by atoms with Crippen molar-refractivity contribution in [2.24, 2.45) is 0 Å². The van der Waals surface area contributed by atoms with Gasteiger partial charge < -0.3 is 9.84 Å². The average molecular weight is 280 g/mol. The smallest absolute Gasteiger partial charge is 0.171 e. The molecule has 106 valence electrons. The number of benzene rings is 2. The van der Waals surface area contributed by atoms with Gasteiger partial charge in [-0.25, -0.2) is 0 Å². The van der Waals surface area contributed by atoms with Crippen molar-refractivity contribution in [2.75, 3.05) is 7.11 Å². The maximum absolute atomic E-state index is 12.6. The highest BCUT2D eigenvalue weighted by molar-refractivity contribution is 6.23. The molecule has 1 N–H and O–H groups in total. The minimum atomic E-state index is -0.0815. The van der Waals surface area contributed by atoms with E-state index < -0.39 is 0 Å². The molecule has 21 heavy (non-hydrogen) atoms. The van der Waals surface area contributed by atoms with Crippen molar-refractivity contribution in [2.45, 2.75) is 12.8 Å². The van der Waals surface area contributed by atoms with Gasteiger partial charge in [0.25, 0.3) is 0 Å². The number of carbonyl (C=O) groups is 1. The lowest BCUT2D eigenvalue weighted by molar-refractivity contribution is -0.113. The molecule has 3 rings (SSSR count). The number of allylic oxidation sites excluding steroid dienone is 2. The summed E-state index contributed by atoms with van der Waals surface area (Å²) >= 11 is 0. The maximum atomic E-state index is 12.6. The summed E-state index contributed by atoms with van der Waals surface area (Å²) in [7, 11) is 1.59. The Morgan fingerprint density at radius 3 is 2.67 bits per heavy atom. The van der Waals surface area contributed by atoms with E-state index in [9.17, 15) is 9.90 Å². The molecule has 0 aliphatic heterocycles. The molecule has 1 aliphatic rings. The van der Waals surface area contributed by atoms with Gasteiger partial charge in [0.2, 0.25) is 0 Å². The zero-order valence-electron chi connectivity index (χ0n) is 11.8. The lowest BCUT2D eigenvalue weighted by atomic mass is 9.97. The van der Waals surface area contributed by atoms with Crippen LogP contribution in [0, 0.1) is 0 Å². The summed E-state index contributed by atoms with van der Waals surface area (Å²) in [4.78, 5) is 12.6. The predicted molar refractivity (Wildman–Crippen MR) is 81.4 cm³/mol. The van der Waals surface area contributed by atoms with Crippen LogP contribution in [0.15, 0.2) is 54.3 Å². The first kappa shape index (κ1) is 13.4. The van der Waals surface area contributed by atoms with E-state index in [-0.39, 0.29) is 18.0 Å². The van der Waals surface area contributed by atoms with E-state index in [0.717, 1.165) is 16.7 Å². The number of ketones is 1. The highest BCUT2D eigenvalue weighted by Crippen LogP contribution is 2.33. The minimum Gasteiger partial charge on any atom is -0.511 e. The van der Waals surface area contributed by atoms with Crippen molar-refractivity contribution in [3.05, 3.63) is 71.0 Å². The Balaban J connectivity index is 1.91. The van der Waals surface area contributed by atoms with Gasteiger partial charge in [-0.2, -0.15) is 0 Å². The topological polar surface area (TPSA) is 46.5 Å². The molecule has 0 unspecified atom stereocenters. The number of rotatable bonds is 4. The lowest BCUT2D eigenvalue weighted by Crippen LogP contribution is -2.07. The van der Waals surface area contributed by atoms with Gasteiger partial charge in [0.1, 0.15) is 11.5 Å². The molecule has 0 spiro atoms. The number of methoxy groups -OCH3 is 1. The third-order valence-electron chi connectivity index (χ3n) is 3.76. The number of fused-ring (bicyclic) bond motifs is 1. The van der Waals surface area contributed by atoms with Crippen molar-refractivity contribution in [1.29, 1.82) is 0 Å². The molecule has 1 aliphatic carbocycles. The molecule has 0 bridgehead atoms. The van der Waals surface area contributed by atoms with Crippen LogP contribution < -0.4 is 4.74 Å². The second-order valence-corrected chi connectivity index (χ2v) is 5.07. The Bertz CT molecular complexity index is 729. The fourth-order valence-corrected chi connectivity index (χ4v) is 2.76. The van der Waals surface area contributed by atoms with Crippen molar-refractivity contribution in [3.63, 3.8) is 0 Å². The van der Waals surface area contributed by atoms with Crippen LogP contribution in [0.5, 0.6) is 5.75 Å². The Morgan fingerprint density at radius 2 is 1.86 bits per heavy atom. The van der Waals surface area contributed by atoms with Crippen LogP contribution in [-0.4, -0.2) is 18.0 Å². The molecule has 0 aromatic heterocycles. The summed E-state index contributed by atoms with van der Waals surface area (Å²) in [5, 5.41) is 10.1. The summed E-state index contributed by atoms with van der Waals surface area (Å²) in [5.41, 5.74) is 3.11. The quantitative estimate of drug-likeness (QED) is 0.934. The van der Waals surface area contributed by atoms with Gasteiger partial charge in [-0.15, -0.1) is 0 Å². The maximum Gasteiger partial charge on any atom is 0.171 e. The van der Waals surface area contributed by atoms with E-state index in [0.29, 0.717) is 17.7 Å². The van der Waals surface area contributed by atoms with E-state index >= 15 is 0 Å². The SMILES string of the molecule is COc1ccccc1CC(=O)C1=C(O)Cc2ccccc21. The lowest BCUT2D eigenvalue weighted by Gasteiger charge is -2.09. The Kier molecular flexibility index (Phi) is 3.48. The van der Waals surface area contributed by atoms with E-state index in [1.807, 2.05) is 48.5 Å². The zero-order valence-corrected chi connectivity index (χ0v) is 11.8. The Hall–Kier alpha value is -2.55. The predicted octanol–water partition coefficient (Wildman–Crippen LogP) is 3.33. The van der Waals surface area contributed by atoms with E-state index in [1.165, 1.54) is 0 Å². The molecule has 3 heteroatoms. The van der Waals surface area contributed by atoms with Gasteiger partial charge >= 0.3 is 0 Å². The van der Waals surface area contributed by atoms with Gasteiger partial charge in [-0.1, -0.05) is 42.5 Å². The van der Waals surface area contributed by atoms with Gasteiger partial charge in [0.05, 0.1) is 12.7 Å². The van der Waals surface area contributed by atoms with Crippen molar-refractivity contribution in [1.82, 2.24) is 0 Å². The molecule has 3 nitrogen and oxygen atoms in total. The van der Waals surface area contributed by atoms with Crippen LogP contribution in [0.1, 0.15) is 16.7 Å². The molecule has 0 atom stereocenters. The summed E-state index contributed by atoms with van der Waals surface area (Å²) in [6.07, 6.45) is 0.654. The number of aliphatic hydroxyl groups is 1. The molecule has 0 saturated heterocycles. The first-order valence-electron chi connectivity index (χ1n) is 6.86. The van der Waals surface area contributed by atoms with E-state index in [4.69, 9.17) is 4.74 Å². The number of hydrogen-bond donors (Lipinski definition) is 1. The van der Waals surface area contributed by atoms with Crippen molar-refractivity contribution in [3.8, 4) is 5.75 Å². The van der Waals surface area contributed by atoms with Crippen LogP contribution in [0.25, 0.3) is 5.57 Å². The summed E-state index contributed by atoms with van der Waals surface area (Å²) < 4.78 is 5.27. The first-order chi connectivity index (χ1) is 10.2. The van der Waals surface area contributed by atoms with Crippen LogP contribution in [-0.2, 0) is 17.6 Å². The van der Waals surface area contributed by atoms with Gasteiger partial charge in [-0.05, 0) is 17.2 Å². The van der Waals surface area contributed by atoms with Crippen LogP contribution in [0.3, 0.4) is 0 Å². The van der Waals surface area contributed by atoms with Crippen LogP contribution in [0.2, 0.25) is 0 Å². The number of para-hydroxylation sites is 1. The molecule has 2 aromatic carbocycles. The fourth-order valence-electron chi connectivity index (χ4n) is 2.76. The van der Waals surface area contributed by atoms with Crippen molar-refractivity contribution < 1.29 is 14.6 Å². The average Bonchev–Trinajstić information content (AvgIpc) is 2.83. The zero-order chi connectivity index (χ0) is 14.8. The molecule has 0 saturated carbocycles. The molecule has 0 amide bonds. The number of hydrogen-bond acceptors (Lipinski definition) is 3. The minimum absolute atomic E-state index is 0.0815. The first-order valence-corrected chi connectivity index (χ1v) is 6.86. The normalized spacial score (nSPS) is 13.2. The molecule has 0 fully saturated rings. The van der Waals surface area contributed by atoms with Gasteiger partial charge in [0, 0.05) is 18.4 Å². The number of Topliss-reactive ketones (excluding diaryl/α,β-unsaturated/α-hetero) is 1. The van der Waals surface area contributed by atoms with Crippen molar-refractivity contribution >= 4 is 11.4 Å². The van der Waals surface area contributed by atoms with E-state index in [2.05, 4.69) is 0 Å². The second kappa shape index (κ2) is 5.44. The number of ether oxygens (including phenoxy) is 1. The highest BCUT2D eigenvalue weighted by atomic mass is 16.5. The van der Waals surface area contributed by atoms with Crippen LogP contribution in [0.4, 0.5) is 0 Å². The van der Waals surface area contributed by atoms with Gasteiger partial charge in [-0.3, -0.25) is 4.79 Å². The third-order valence-corrected chi connectivity index (χ3v) is 3.76. The highest BCUT2D eigenvalue weighted by Gasteiger charge is 2.26. The number of aliphatic hydroxyl groups excluding tert-OH is 1. The monoisotopic (exact) mass is 280 g/mol. The summed E-state index contributed by atoms with van der Waals surface area (Å²) in [6.45, 7) is 0. The van der Waals surface area contributed by atoms with Crippen LogP contribution >= 0.6 is 0 Å². The molecule has 0 heterocycles. The molecule has 2 aromatic rings. The van der Waals surface area contributed by atoms with Gasteiger partial charge in [0.15, 0.2) is 5.78 Å². The number of carbonyl (C=O) groups excluding carboxylic acids is 1. The Labute approximate surface area is 123 Å². The fraction of sp³-hybridized carbons (Fsp3) is 0.167. The second-order valence-electron chi connectivity index (χ2n) is 5.07. The van der Waals surface area contributed by atoms with E-state index in [1.54, 1.807) is 7.11 Å². The molecular weight excluding hydrogens is 264 g/mol. The summed E-state index contributed by atoms with van der Waals surface area (Å²) in [6, 6.07) is 15.1. The largest absolute Gasteiger partial charge is 0.511 e. The third kappa shape index (κ3) is 2.42. The standard InChI is InChI=1S/C18H16O3/c1-21-17-9-5-3-7-13(17)11-16(20)18-14-8-4-2-6-12(14)10-15(18)19/h2-9,19H,10-11H2,1H3.